The number of nitrogens with two attached hydrogens (primary N) is 2. The number of methoxy groups -OCH3 is 4. The van der Waals surface area contributed by atoms with Crippen LogP contribution in [0.1, 0.15) is 178 Å². The Hall–Kier alpha value is -14.7. The summed E-state index contributed by atoms with van der Waals surface area (Å²) in [5, 5.41) is 14.4. The summed E-state index contributed by atoms with van der Waals surface area (Å²) in [7, 11) is 6.20. The number of carbonyl (C=O) groups is 7. The number of aromatic nitrogens is 3. The highest BCUT2D eigenvalue weighted by Gasteiger charge is 2.36. The Balaban J connectivity index is 0.000000183. The van der Waals surface area contributed by atoms with E-state index in [4.69, 9.17) is 47.1 Å². The van der Waals surface area contributed by atoms with Crippen molar-refractivity contribution in [2.45, 2.75) is 101 Å². The van der Waals surface area contributed by atoms with Gasteiger partial charge in [-0.15, -0.1) is 0 Å². The fourth-order valence-corrected chi connectivity index (χ4v) is 15.4. The molecular weight excluding hydrogens is 1750 g/mol. The van der Waals surface area contributed by atoms with Crippen LogP contribution in [-0.2, 0) is 45.6 Å². The lowest BCUT2D eigenvalue weighted by molar-refractivity contribution is 0.0693. The van der Waals surface area contributed by atoms with Crippen LogP contribution >= 0.6 is 11.6 Å². The molecule has 134 heavy (non-hydrogen) atoms. The minimum atomic E-state index is -0.931. The van der Waals surface area contributed by atoms with Crippen LogP contribution in [0.2, 0.25) is 5.02 Å². The molecule has 0 saturated carbocycles. The second kappa shape index (κ2) is 48.0. The molecule has 31 heteroatoms. The smallest absolute Gasteiger partial charge is 0.335 e. The van der Waals surface area contributed by atoms with E-state index in [1.165, 1.54) is 67.8 Å². The van der Waals surface area contributed by atoms with Crippen molar-refractivity contribution in [2.75, 3.05) is 92.3 Å². The highest BCUT2D eigenvalue weighted by atomic mass is 35.5. The van der Waals surface area contributed by atoms with Crippen molar-refractivity contribution in [3.63, 3.8) is 0 Å². The largest absolute Gasteiger partial charge is 0.497 e. The maximum absolute atomic E-state index is 14.9. The number of ether oxygens (including phenoxy) is 4. The lowest BCUT2D eigenvalue weighted by Gasteiger charge is -2.19. The molecule has 15 rings (SSSR count). The van der Waals surface area contributed by atoms with Gasteiger partial charge in [0.05, 0.1) is 139 Å². The summed E-state index contributed by atoms with van der Waals surface area (Å²) in [5.74, 6) is -3.72. The highest BCUT2D eigenvalue weighted by Crippen LogP contribution is 2.39. The van der Waals surface area contributed by atoms with Gasteiger partial charge in [-0.25, -0.2) is 46.1 Å². The number of aromatic carboxylic acids is 1. The lowest BCUT2D eigenvalue weighted by Crippen LogP contribution is -2.30. The Labute approximate surface area is 779 Å². The van der Waals surface area contributed by atoms with Gasteiger partial charge in [0.2, 0.25) is 0 Å². The Morgan fingerprint density at radius 3 is 1.07 bits per heavy atom. The molecule has 0 radical (unpaired) electrons. The van der Waals surface area contributed by atoms with Crippen LogP contribution in [0, 0.1) is 34.9 Å². The molecule has 12 aromatic rings. The van der Waals surface area contributed by atoms with Crippen molar-refractivity contribution in [3.05, 3.63) is 336 Å². The average molecular weight is 1850 g/mol. The van der Waals surface area contributed by atoms with E-state index < -0.39 is 40.9 Å². The third-order valence-corrected chi connectivity index (χ3v) is 22.5. The molecule has 24 nitrogen and oxygen atoms in total. The number of nitrogens with one attached hydrogen (secondary N) is 2. The van der Waals surface area contributed by atoms with Gasteiger partial charge < -0.3 is 70.7 Å². The van der Waals surface area contributed by atoms with E-state index in [1.807, 2.05) is 77.9 Å². The number of anilines is 2. The molecule has 3 aliphatic rings. The quantitative estimate of drug-likeness (QED) is 0.0236. The van der Waals surface area contributed by atoms with Gasteiger partial charge in [-0.3, -0.25) is 28.8 Å². The molecule has 3 aliphatic heterocycles. The molecule has 0 fully saturated rings. The molecule has 6 amide bonds. The third kappa shape index (κ3) is 24.9. The monoisotopic (exact) mass is 1850 g/mol. The summed E-state index contributed by atoms with van der Waals surface area (Å²) in [4.78, 5) is 108. The lowest BCUT2D eigenvalue weighted by atomic mass is 9.96. The van der Waals surface area contributed by atoms with Crippen LogP contribution in [-0.4, -0.2) is 167 Å². The van der Waals surface area contributed by atoms with Gasteiger partial charge in [-0.2, -0.15) is 0 Å². The highest BCUT2D eigenvalue weighted by molar-refractivity contribution is 6.34. The first-order chi connectivity index (χ1) is 64.4. The van der Waals surface area contributed by atoms with E-state index in [1.54, 1.807) is 143 Å². The topological polar surface area (TPSA) is 308 Å². The number of hydrogen-bond donors (Lipinski definition) is 5. The number of carboxylic acid groups (broad SMARTS) is 1. The van der Waals surface area contributed by atoms with E-state index in [-0.39, 0.29) is 118 Å². The predicted molar refractivity (Wildman–Crippen MR) is 504 cm³/mol. The molecule has 0 unspecified atom stereocenters. The zero-order chi connectivity index (χ0) is 97.1. The molecule has 7 N–H and O–H groups in total. The van der Waals surface area contributed by atoms with Crippen LogP contribution in [0.15, 0.2) is 206 Å². The molecule has 700 valence electrons. The zero-order valence-electron chi connectivity index (χ0n) is 76.6. The maximum Gasteiger partial charge on any atom is 0.335 e. The number of rotatable bonds is 27. The number of halogens is 7. The maximum atomic E-state index is 14.9. The second-order valence-electron chi connectivity index (χ2n) is 30.6. The Kier molecular flexibility index (Phi) is 36.3. The molecule has 0 atom stereocenters. The van der Waals surface area contributed by atoms with Gasteiger partial charge in [0, 0.05) is 90.6 Å². The first-order valence-electron chi connectivity index (χ1n) is 43.5. The fraction of sp³-hybridized carbons (Fsp3) is 0.262. The molecule has 0 spiro atoms. The number of nitrogen functional groups attached to an aromatic ring is 2. The summed E-state index contributed by atoms with van der Waals surface area (Å²) in [6.07, 6.45) is 0.667. The van der Waals surface area contributed by atoms with Gasteiger partial charge in [0.15, 0.2) is 0 Å². The van der Waals surface area contributed by atoms with Crippen molar-refractivity contribution >= 4 is 64.4 Å². The second-order valence-corrected chi connectivity index (χ2v) is 31.0. The van der Waals surface area contributed by atoms with Crippen molar-refractivity contribution in [1.29, 1.82) is 0 Å². The SMILES string of the molecule is CCN(CC)C(=O)c1ccc(Cc2cc(-c3c(F)cccc3F)nc3c2C(=O)N(Cc2ccc(OC)cc2OC)C3)cc1.CCN(CC)C(=O)c1ccc(Cc2cc(-c3c(F)cccc3F)nc3c2C(=O)NC3)cc1.CCN(CC)C(=O)c1ccc(N)cc1.CCNCC.COc1ccc(CN2Cc3nc(-c4c(F)cccc4F)cc(Cl)c3C2=O)c(OC)c1.Nc1ccc(C(=O)O)cc1. The number of nitrogens with zero attached hydrogens (tertiary/aromatic N) is 8. The number of pyridine rings is 3. The molecule has 0 saturated heterocycles. The number of benzene rings is 9. The van der Waals surface area contributed by atoms with Gasteiger partial charge in [-0.1, -0.05) is 67.9 Å². The van der Waals surface area contributed by atoms with Gasteiger partial charge in [0.1, 0.15) is 57.9 Å². The normalized spacial score (nSPS) is 11.8. The summed E-state index contributed by atoms with van der Waals surface area (Å²) >= 11 is 6.32. The van der Waals surface area contributed by atoms with Crippen molar-refractivity contribution in [1.82, 2.24) is 50.1 Å². The van der Waals surface area contributed by atoms with Crippen molar-refractivity contribution in [2.24, 2.45) is 0 Å². The Morgan fingerprint density at radius 2 is 0.739 bits per heavy atom. The van der Waals surface area contributed by atoms with Crippen molar-refractivity contribution in [3.8, 4) is 56.8 Å². The van der Waals surface area contributed by atoms with Gasteiger partial charge in [-0.05, 0) is 241 Å². The van der Waals surface area contributed by atoms with E-state index in [9.17, 15) is 59.9 Å². The molecular formula is C103H107ClF6N12O12. The van der Waals surface area contributed by atoms with E-state index in [0.717, 1.165) is 60.6 Å². The molecule has 0 aliphatic carbocycles. The summed E-state index contributed by atoms with van der Waals surface area (Å²) in [5.41, 5.74) is 20.7. The minimum Gasteiger partial charge on any atom is -0.497 e. The Bertz CT molecular complexity index is 6130. The Morgan fingerprint density at radius 1 is 0.410 bits per heavy atom. The van der Waals surface area contributed by atoms with Gasteiger partial charge in [0.25, 0.3) is 35.4 Å². The standard InChI is InChI=1S/C34H33F2N3O4.C25H23F2N3O2.C22H17ClF2N2O3.C11H16N2O.C7H7NO2.C4H11N/c1-5-38(6-2)33(40)22-12-10-21(11-13-22)16-24-17-28(32-26(35)8-7-9-27(32)36)37-29-20-39(34(41)31(24)29)19-23-14-15-25(42-3)18-30(23)43-4;1-3-30(4-2)25(32)16-10-8-15(9-11-16)12-17-13-20(23-18(26)6-5-7-19(23)27)29-21-14-28-24(31)22(17)21;1-29-13-7-6-12(19(8-13)30-2)10-27-11-18-20(22(27)28)14(23)9-17(26-18)21-15(24)4-3-5-16(21)25;1-3-13(4-2)11(14)9-5-7-10(12)8-6-9;8-6-3-1-5(2-4-6)7(9)10;1-3-5-4-2/h7-15,17-18H,5-6,16,19-20H2,1-4H3;5-11,13H,3-4,12,14H2,1-2H3,(H,28,31);3-9H,10-11H2,1-2H3;5-8H,3-4,12H2,1-2H3;1-4H,8H2,(H,9,10);5H,3-4H2,1-2H3. The predicted octanol–water partition coefficient (Wildman–Crippen LogP) is 18.8. The van der Waals surface area contributed by atoms with E-state index in [2.05, 4.69) is 39.4 Å². The number of hydrogen-bond acceptors (Lipinski definition) is 17. The number of carboxylic acids is 1. The van der Waals surface area contributed by atoms with Crippen LogP contribution in [0.5, 0.6) is 23.0 Å². The molecule has 3 aromatic heterocycles. The van der Waals surface area contributed by atoms with Crippen molar-refractivity contribution < 1.29 is 84.0 Å². The summed E-state index contributed by atoms with van der Waals surface area (Å²) < 4.78 is 108. The third-order valence-electron chi connectivity index (χ3n) is 22.3. The zero-order valence-corrected chi connectivity index (χ0v) is 77.3. The average Bonchev–Trinajstić information content (AvgIpc) is 1.61. The van der Waals surface area contributed by atoms with Crippen LogP contribution in [0.25, 0.3) is 33.8 Å². The number of fused-ring (bicyclic) bond motifs is 3. The summed E-state index contributed by atoms with van der Waals surface area (Å²) in [6.45, 7) is 23.0. The van der Waals surface area contributed by atoms with Crippen LogP contribution in [0.3, 0.4) is 0 Å². The number of carbonyl (C=O) groups excluding carboxylic acids is 6. The van der Waals surface area contributed by atoms with Crippen LogP contribution < -0.4 is 41.0 Å². The van der Waals surface area contributed by atoms with E-state index >= 15 is 0 Å². The molecule has 9 aromatic carbocycles. The van der Waals surface area contributed by atoms with E-state index in [0.29, 0.717) is 129 Å². The minimum absolute atomic E-state index is 0.0388. The van der Waals surface area contributed by atoms with Crippen LogP contribution in [0.4, 0.5) is 37.7 Å². The molecule has 0 bridgehead atoms. The first-order valence-corrected chi connectivity index (χ1v) is 43.9. The first kappa shape index (κ1) is 101. The summed E-state index contributed by atoms with van der Waals surface area (Å²) in [6, 6.07) is 53.5. The molecule has 6 heterocycles. The number of amides is 6. The fourth-order valence-electron chi connectivity index (χ4n) is 15.1. The van der Waals surface area contributed by atoms with Gasteiger partial charge >= 0.3 is 5.97 Å².